The largest absolute Gasteiger partial charge is 0.396 e. The molecular formula is C36H41N3O3. The van der Waals surface area contributed by atoms with Crippen LogP contribution in [0.1, 0.15) is 79.2 Å². The van der Waals surface area contributed by atoms with Gasteiger partial charge in [0.1, 0.15) is 0 Å². The Hall–Kier alpha value is -4.29. The fourth-order valence-electron chi connectivity index (χ4n) is 4.91. The molecule has 1 aliphatic rings. The number of nitrogens with zero attached hydrogens (tertiary/aromatic N) is 1. The van der Waals surface area contributed by atoms with Crippen LogP contribution in [-0.2, 0) is 10.2 Å². The van der Waals surface area contributed by atoms with Crippen molar-refractivity contribution in [1.29, 1.82) is 0 Å². The predicted molar refractivity (Wildman–Crippen MR) is 174 cm³/mol. The van der Waals surface area contributed by atoms with Crippen molar-refractivity contribution < 1.29 is 14.7 Å². The lowest BCUT2D eigenvalue weighted by molar-refractivity contribution is -0.114. The van der Waals surface area contributed by atoms with E-state index >= 15 is 0 Å². The molecule has 1 aliphatic heterocycles. The lowest BCUT2D eigenvalue weighted by Gasteiger charge is -2.21. The van der Waals surface area contributed by atoms with Crippen molar-refractivity contribution in [1.82, 2.24) is 0 Å². The maximum Gasteiger partial charge on any atom is 0.255 e. The van der Waals surface area contributed by atoms with Gasteiger partial charge in [-0.2, -0.15) is 0 Å². The Bertz CT molecular complexity index is 1590. The minimum atomic E-state index is -0.358. The zero-order chi connectivity index (χ0) is 30.6. The number of anilines is 2. The Morgan fingerprint density at radius 1 is 1.05 bits per heavy atom. The quantitative estimate of drug-likeness (QED) is 0.275. The number of allylic oxidation sites excluding steroid dienone is 1. The number of ketones is 1. The van der Waals surface area contributed by atoms with E-state index in [4.69, 9.17) is 4.99 Å². The van der Waals surface area contributed by atoms with Crippen molar-refractivity contribution in [2.75, 3.05) is 17.2 Å². The maximum atomic E-state index is 13.1. The van der Waals surface area contributed by atoms with Gasteiger partial charge >= 0.3 is 0 Å². The third kappa shape index (κ3) is 7.12. The van der Waals surface area contributed by atoms with Crippen LogP contribution in [0.15, 0.2) is 77.3 Å². The summed E-state index contributed by atoms with van der Waals surface area (Å²) >= 11 is 0. The molecule has 0 aliphatic carbocycles. The van der Waals surface area contributed by atoms with Gasteiger partial charge in [0.15, 0.2) is 5.84 Å². The predicted octanol–water partition coefficient (Wildman–Crippen LogP) is 7.71. The number of aryl methyl sites for hydroxylation is 1. The van der Waals surface area contributed by atoms with Crippen molar-refractivity contribution in [3.05, 3.63) is 106 Å². The van der Waals surface area contributed by atoms with E-state index < -0.39 is 0 Å². The molecule has 6 heteroatoms. The second-order valence-electron chi connectivity index (χ2n) is 12.1. The minimum absolute atomic E-state index is 0.0137. The molecule has 0 bridgehead atoms. The molecule has 42 heavy (non-hydrogen) atoms. The van der Waals surface area contributed by atoms with E-state index in [-0.39, 0.29) is 35.5 Å². The molecule has 0 spiro atoms. The zero-order valence-electron chi connectivity index (χ0n) is 25.6. The number of Topliss-reactive ketones (excluding diaryl/α,β-unsaturated/α-hetero) is 1. The molecule has 1 atom stereocenters. The van der Waals surface area contributed by atoms with E-state index in [1.807, 2.05) is 94.4 Å². The highest BCUT2D eigenvalue weighted by atomic mass is 16.3. The summed E-state index contributed by atoms with van der Waals surface area (Å²) < 4.78 is 0. The van der Waals surface area contributed by atoms with Crippen LogP contribution >= 0.6 is 0 Å². The molecule has 0 saturated carbocycles. The van der Waals surface area contributed by atoms with Crippen LogP contribution in [0.5, 0.6) is 0 Å². The molecule has 4 rings (SSSR count). The summed E-state index contributed by atoms with van der Waals surface area (Å²) in [6, 6.07) is 19.3. The van der Waals surface area contributed by atoms with Gasteiger partial charge in [-0.25, -0.2) is 4.99 Å². The van der Waals surface area contributed by atoms with Gasteiger partial charge in [0.05, 0.1) is 5.70 Å². The van der Waals surface area contributed by atoms with Crippen molar-refractivity contribution in [2.45, 2.75) is 60.3 Å². The first-order valence-corrected chi connectivity index (χ1v) is 14.4. The average molecular weight is 564 g/mol. The topological polar surface area (TPSA) is 90.8 Å². The monoisotopic (exact) mass is 563 g/mol. The van der Waals surface area contributed by atoms with Crippen molar-refractivity contribution >= 4 is 40.7 Å². The van der Waals surface area contributed by atoms with Crippen LogP contribution in [0.3, 0.4) is 0 Å². The smallest absolute Gasteiger partial charge is 0.255 e. The molecule has 0 radical (unpaired) electrons. The Labute approximate surface area is 249 Å². The van der Waals surface area contributed by atoms with Crippen LogP contribution in [0.2, 0.25) is 0 Å². The van der Waals surface area contributed by atoms with Crippen LogP contribution in [-0.4, -0.2) is 29.2 Å². The van der Waals surface area contributed by atoms with Crippen LogP contribution in [0.4, 0.5) is 11.4 Å². The number of carbonyl (C=O) groups excluding carboxylic acids is 2. The first kappa shape index (κ1) is 30.7. The number of hydrogen-bond acceptors (Lipinski definition) is 5. The maximum absolute atomic E-state index is 13.1. The molecule has 6 nitrogen and oxygen atoms in total. The Kier molecular flexibility index (Phi) is 9.27. The number of nitrogens with one attached hydrogen (secondary N) is 2. The van der Waals surface area contributed by atoms with Gasteiger partial charge in [0.2, 0.25) is 5.78 Å². The second kappa shape index (κ2) is 12.7. The molecule has 0 aromatic heterocycles. The zero-order valence-corrected chi connectivity index (χ0v) is 25.6. The summed E-state index contributed by atoms with van der Waals surface area (Å²) in [5.41, 5.74) is 8.88. The van der Waals surface area contributed by atoms with Gasteiger partial charge in [-0.15, -0.1) is 0 Å². The van der Waals surface area contributed by atoms with Gasteiger partial charge in [0.25, 0.3) is 5.91 Å². The summed E-state index contributed by atoms with van der Waals surface area (Å²) in [6.45, 7) is 14.4. The fraction of sp³-hybridized carbons (Fsp3) is 0.306. The number of aliphatic hydroxyl groups excluding tert-OH is 1. The van der Waals surface area contributed by atoms with E-state index in [0.29, 0.717) is 23.4 Å². The van der Waals surface area contributed by atoms with Crippen LogP contribution < -0.4 is 10.6 Å². The number of hydrogen-bond donors (Lipinski definition) is 3. The average Bonchev–Trinajstić information content (AvgIpc) is 2.93. The molecule has 218 valence electrons. The van der Waals surface area contributed by atoms with E-state index in [1.165, 1.54) is 5.56 Å². The van der Waals surface area contributed by atoms with Crippen LogP contribution in [0.25, 0.3) is 11.8 Å². The van der Waals surface area contributed by atoms with E-state index in [1.54, 1.807) is 0 Å². The summed E-state index contributed by atoms with van der Waals surface area (Å²) in [5, 5.41) is 15.5. The standard InChI is InChI=1S/C36H41N3O3/c1-22(17-18-40)19-27-13-16-29(20-23(27)2)37-34-33(41)24(3)21-32(38-34)30-9-8-10-31(25(30)4)39-35(42)26-11-14-28(15-12-26)36(5,6)7/h8-16,19-21,24,40H,17-18H2,1-7H3,(H,37,38)(H,39,42)/b22-19-. The molecule has 3 aromatic carbocycles. The molecule has 3 N–H and O–H groups in total. The molecule has 1 heterocycles. The highest BCUT2D eigenvalue weighted by Crippen LogP contribution is 2.31. The number of rotatable bonds is 7. The number of amidine groups is 1. The molecule has 0 saturated heterocycles. The number of benzene rings is 3. The molecule has 3 aromatic rings. The van der Waals surface area contributed by atoms with E-state index in [2.05, 4.69) is 37.5 Å². The summed E-state index contributed by atoms with van der Waals surface area (Å²) in [6.07, 6.45) is 4.57. The SMILES string of the molecule is C/C(=C/c1ccc(NC2=NC(c3cccc(NC(=O)c4ccc(C(C)(C)C)cc4)c3C)=CC(C)C2=O)cc1C)CCO. The van der Waals surface area contributed by atoms with Crippen molar-refractivity contribution in [3.8, 4) is 0 Å². The highest BCUT2D eigenvalue weighted by Gasteiger charge is 2.25. The molecule has 0 fully saturated rings. The van der Waals surface area contributed by atoms with E-state index in [9.17, 15) is 14.7 Å². The minimum Gasteiger partial charge on any atom is -0.396 e. The second-order valence-corrected chi connectivity index (χ2v) is 12.1. The normalized spacial score (nSPS) is 15.7. The number of aliphatic imine (C=N–C) groups is 1. The van der Waals surface area contributed by atoms with Gasteiger partial charge in [-0.1, -0.05) is 69.7 Å². The van der Waals surface area contributed by atoms with Gasteiger partial charge in [-0.3, -0.25) is 9.59 Å². The molecule has 1 unspecified atom stereocenters. The first-order chi connectivity index (χ1) is 19.9. The number of aliphatic hydroxyl groups is 1. The Morgan fingerprint density at radius 3 is 2.40 bits per heavy atom. The summed E-state index contributed by atoms with van der Waals surface area (Å²) in [4.78, 5) is 30.9. The fourth-order valence-corrected chi connectivity index (χ4v) is 4.91. The molecular weight excluding hydrogens is 522 g/mol. The van der Waals surface area contributed by atoms with Gasteiger partial charge in [0, 0.05) is 35.0 Å². The third-order valence-corrected chi connectivity index (χ3v) is 7.60. The van der Waals surface area contributed by atoms with Crippen LogP contribution in [0, 0.1) is 19.8 Å². The third-order valence-electron chi connectivity index (χ3n) is 7.60. The lowest BCUT2D eigenvalue weighted by atomic mass is 9.86. The first-order valence-electron chi connectivity index (χ1n) is 14.4. The molecule has 1 amide bonds. The van der Waals surface area contributed by atoms with Crippen molar-refractivity contribution in [2.24, 2.45) is 10.9 Å². The Morgan fingerprint density at radius 2 is 1.76 bits per heavy atom. The summed E-state index contributed by atoms with van der Waals surface area (Å²) in [7, 11) is 0. The number of carbonyl (C=O) groups is 2. The van der Waals surface area contributed by atoms with E-state index in [0.717, 1.165) is 33.5 Å². The summed E-state index contributed by atoms with van der Waals surface area (Å²) in [5.74, 6) is -0.335. The highest BCUT2D eigenvalue weighted by molar-refractivity contribution is 6.45. The lowest BCUT2D eigenvalue weighted by Crippen LogP contribution is -2.30. The van der Waals surface area contributed by atoms with Gasteiger partial charge < -0.3 is 15.7 Å². The Balaban J connectivity index is 1.57. The number of amides is 1. The van der Waals surface area contributed by atoms with Gasteiger partial charge in [-0.05, 0) is 91.3 Å². The van der Waals surface area contributed by atoms with Crippen molar-refractivity contribution in [3.63, 3.8) is 0 Å².